The number of hydrogen-bond acceptors (Lipinski definition) is 4. The van der Waals surface area contributed by atoms with Gasteiger partial charge in [-0.3, -0.25) is 9.78 Å². The van der Waals surface area contributed by atoms with Gasteiger partial charge in [0.25, 0.3) is 0 Å². The Morgan fingerprint density at radius 1 is 1.12 bits per heavy atom. The van der Waals surface area contributed by atoms with E-state index in [-0.39, 0.29) is 5.91 Å². The molecule has 2 aromatic heterocycles. The Bertz CT molecular complexity index is 814. The predicted molar refractivity (Wildman–Crippen MR) is 97.3 cm³/mol. The molecule has 4 nitrogen and oxygen atoms in total. The minimum atomic E-state index is -0.0397. The van der Waals surface area contributed by atoms with Crippen molar-refractivity contribution < 1.29 is 4.79 Å². The quantitative estimate of drug-likeness (QED) is 0.744. The SMILES string of the molecule is Cc1cccc(NC(=O)Cc2csc(CCc3ccccn3)n2)c1. The fourth-order valence-corrected chi connectivity index (χ4v) is 3.22. The van der Waals surface area contributed by atoms with Crippen molar-refractivity contribution >= 4 is 22.9 Å². The molecule has 0 fully saturated rings. The van der Waals surface area contributed by atoms with E-state index in [1.165, 1.54) is 0 Å². The van der Waals surface area contributed by atoms with Crippen LogP contribution in [0.3, 0.4) is 0 Å². The van der Waals surface area contributed by atoms with E-state index in [0.29, 0.717) is 6.42 Å². The summed E-state index contributed by atoms with van der Waals surface area (Å²) in [7, 11) is 0. The fraction of sp³-hybridized carbons (Fsp3) is 0.211. The van der Waals surface area contributed by atoms with Crippen molar-refractivity contribution in [2.75, 3.05) is 5.32 Å². The molecule has 0 bridgehead atoms. The van der Waals surface area contributed by atoms with Crippen LogP contribution in [0.25, 0.3) is 0 Å². The van der Waals surface area contributed by atoms with Crippen molar-refractivity contribution in [3.05, 3.63) is 76.0 Å². The number of aromatic nitrogens is 2. The van der Waals surface area contributed by atoms with Crippen LogP contribution in [-0.2, 0) is 24.1 Å². The minimum Gasteiger partial charge on any atom is -0.326 e. The van der Waals surface area contributed by atoms with E-state index in [1.54, 1.807) is 17.5 Å². The molecule has 0 aliphatic rings. The summed E-state index contributed by atoms with van der Waals surface area (Å²) in [5.41, 5.74) is 3.83. The summed E-state index contributed by atoms with van der Waals surface area (Å²) < 4.78 is 0. The van der Waals surface area contributed by atoms with Gasteiger partial charge in [-0.15, -0.1) is 11.3 Å². The number of thiazole rings is 1. The number of carbonyl (C=O) groups is 1. The molecule has 3 aromatic rings. The summed E-state index contributed by atoms with van der Waals surface area (Å²) in [6.07, 6.45) is 3.82. The first kappa shape index (κ1) is 16.3. The largest absolute Gasteiger partial charge is 0.326 e. The molecule has 122 valence electrons. The zero-order valence-electron chi connectivity index (χ0n) is 13.5. The van der Waals surface area contributed by atoms with Gasteiger partial charge in [0.1, 0.15) is 0 Å². The molecule has 1 amide bonds. The molecule has 0 saturated carbocycles. The number of rotatable bonds is 6. The number of aryl methyl sites for hydroxylation is 3. The molecule has 1 aromatic carbocycles. The molecule has 0 atom stereocenters. The van der Waals surface area contributed by atoms with E-state index in [1.807, 2.05) is 54.8 Å². The Balaban J connectivity index is 1.53. The molecular formula is C19H19N3OS. The Hall–Kier alpha value is -2.53. The lowest BCUT2D eigenvalue weighted by molar-refractivity contribution is -0.115. The molecule has 0 unspecified atom stereocenters. The highest BCUT2D eigenvalue weighted by molar-refractivity contribution is 7.09. The number of hydrogen-bond donors (Lipinski definition) is 1. The number of pyridine rings is 1. The normalized spacial score (nSPS) is 10.5. The Morgan fingerprint density at radius 3 is 2.83 bits per heavy atom. The molecule has 1 N–H and O–H groups in total. The number of carbonyl (C=O) groups excluding carboxylic acids is 1. The Kier molecular flexibility index (Phi) is 5.33. The van der Waals surface area contributed by atoms with E-state index in [0.717, 1.165) is 40.5 Å². The number of amides is 1. The monoisotopic (exact) mass is 337 g/mol. The summed E-state index contributed by atoms with van der Waals surface area (Å²) in [5, 5.41) is 5.92. The minimum absolute atomic E-state index is 0.0397. The highest BCUT2D eigenvalue weighted by Crippen LogP contribution is 2.14. The van der Waals surface area contributed by atoms with Crippen LogP contribution in [0.2, 0.25) is 0 Å². The maximum atomic E-state index is 12.1. The molecular weight excluding hydrogens is 318 g/mol. The first-order valence-corrected chi connectivity index (χ1v) is 8.77. The molecule has 2 heterocycles. The lowest BCUT2D eigenvalue weighted by atomic mass is 10.2. The van der Waals surface area contributed by atoms with E-state index in [2.05, 4.69) is 15.3 Å². The summed E-state index contributed by atoms with van der Waals surface area (Å²) in [4.78, 5) is 21.0. The van der Waals surface area contributed by atoms with Crippen molar-refractivity contribution in [1.29, 1.82) is 0 Å². The van der Waals surface area contributed by atoms with Crippen LogP contribution in [0.4, 0.5) is 5.69 Å². The van der Waals surface area contributed by atoms with Gasteiger partial charge in [0.15, 0.2) is 0 Å². The smallest absolute Gasteiger partial charge is 0.230 e. The number of nitrogens with one attached hydrogen (secondary N) is 1. The average molecular weight is 337 g/mol. The van der Waals surface area contributed by atoms with Crippen LogP contribution in [-0.4, -0.2) is 15.9 Å². The Labute approximate surface area is 145 Å². The number of benzene rings is 1. The lowest BCUT2D eigenvalue weighted by Gasteiger charge is -2.04. The lowest BCUT2D eigenvalue weighted by Crippen LogP contribution is -2.14. The standard InChI is InChI=1S/C19H19N3OS/c1-14-5-4-7-16(11-14)21-18(23)12-17-13-24-19(22-17)9-8-15-6-2-3-10-20-15/h2-7,10-11,13H,8-9,12H2,1H3,(H,21,23). The topological polar surface area (TPSA) is 54.9 Å². The molecule has 24 heavy (non-hydrogen) atoms. The molecule has 5 heteroatoms. The second kappa shape index (κ2) is 7.84. The highest BCUT2D eigenvalue weighted by Gasteiger charge is 2.09. The predicted octanol–water partition coefficient (Wildman–Crippen LogP) is 3.81. The molecule has 0 spiro atoms. The summed E-state index contributed by atoms with van der Waals surface area (Å²) in [6.45, 7) is 2.00. The van der Waals surface area contributed by atoms with Gasteiger partial charge in [-0.25, -0.2) is 4.98 Å². The van der Waals surface area contributed by atoms with Gasteiger partial charge < -0.3 is 5.32 Å². The second-order valence-electron chi connectivity index (χ2n) is 5.65. The van der Waals surface area contributed by atoms with Crippen molar-refractivity contribution in [2.45, 2.75) is 26.2 Å². The average Bonchev–Trinajstić information content (AvgIpc) is 3.01. The first-order valence-electron chi connectivity index (χ1n) is 7.89. The fourth-order valence-electron chi connectivity index (χ4n) is 2.42. The molecule has 0 aliphatic heterocycles. The third-order valence-electron chi connectivity index (χ3n) is 3.56. The van der Waals surface area contributed by atoms with Gasteiger partial charge in [-0.2, -0.15) is 0 Å². The summed E-state index contributed by atoms with van der Waals surface area (Å²) in [6, 6.07) is 13.7. The van der Waals surface area contributed by atoms with E-state index >= 15 is 0 Å². The van der Waals surface area contributed by atoms with Gasteiger partial charge in [0, 0.05) is 29.4 Å². The van der Waals surface area contributed by atoms with E-state index < -0.39 is 0 Å². The third-order valence-corrected chi connectivity index (χ3v) is 4.52. The maximum absolute atomic E-state index is 12.1. The maximum Gasteiger partial charge on any atom is 0.230 e. The van der Waals surface area contributed by atoms with Crippen molar-refractivity contribution in [1.82, 2.24) is 9.97 Å². The van der Waals surface area contributed by atoms with Crippen LogP contribution in [0.15, 0.2) is 54.0 Å². The number of nitrogens with zero attached hydrogens (tertiary/aromatic N) is 2. The zero-order valence-corrected chi connectivity index (χ0v) is 14.3. The first-order chi connectivity index (χ1) is 11.7. The van der Waals surface area contributed by atoms with Crippen LogP contribution in [0.1, 0.15) is 22.0 Å². The van der Waals surface area contributed by atoms with Gasteiger partial charge in [-0.05, 0) is 43.2 Å². The van der Waals surface area contributed by atoms with Gasteiger partial charge in [0.05, 0.1) is 17.1 Å². The van der Waals surface area contributed by atoms with Gasteiger partial charge in [-0.1, -0.05) is 18.2 Å². The van der Waals surface area contributed by atoms with Gasteiger partial charge in [0.2, 0.25) is 5.91 Å². The zero-order chi connectivity index (χ0) is 16.8. The van der Waals surface area contributed by atoms with Crippen molar-refractivity contribution in [2.24, 2.45) is 0 Å². The molecule has 0 radical (unpaired) electrons. The van der Waals surface area contributed by atoms with Crippen molar-refractivity contribution in [3.63, 3.8) is 0 Å². The van der Waals surface area contributed by atoms with Crippen molar-refractivity contribution in [3.8, 4) is 0 Å². The van der Waals surface area contributed by atoms with Crippen LogP contribution in [0.5, 0.6) is 0 Å². The van der Waals surface area contributed by atoms with Crippen LogP contribution >= 0.6 is 11.3 Å². The molecule has 0 saturated heterocycles. The van der Waals surface area contributed by atoms with Crippen LogP contribution < -0.4 is 5.32 Å². The van der Waals surface area contributed by atoms with E-state index in [9.17, 15) is 4.79 Å². The Morgan fingerprint density at radius 2 is 2.04 bits per heavy atom. The molecule has 0 aliphatic carbocycles. The molecule has 3 rings (SSSR count). The third kappa shape index (κ3) is 4.73. The van der Waals surface area contributed by atoms with Gasteiger partial charge >= 0.3 is 0 Å². The summed E-state index contributed by atoms with van der Waals surface area (Å²) in [5.74, 6) is -0.0397. The highest BCUT2D eigenvalue weighted by atomic mass is 32.1. The number of anilines is 1. The van der Waals surface area contributed by atoms with Crippen LogP contribution in [0, 0.1) is 6.92 Å². The summed E-state index contributed by atoms with van der Waals surface area (Å²) >= 11 is 1.60. The second-order valence-corrected chi connectivity index (χ2v) is 6.59. The van der Waals surface area contributed by atoms with E-state index in [4.69, 9.17) is 0 Å².